The lowest BCUT2D eigenvalue weighted by molar-refractivity contribution is -0.140. The highest BCUT2D eigenvalue weighted by Gasteiger charge is 2.26. The number of rotatable bonds is 6. The highest BCUT2D eigenvalue weighted by atomic mass is 32.2. The van der Waals surface area contributed by atoms with Crippen LogP contribution in [0.15, 0.2) is 24.8 Å². The van der Waals surface area contributed by atoms with E-state index >= 15 is 0 Å². The Morgan fingerprint density at radius 1 is 1.56 bits per heavy atom. The number of hydrogen-bond donors (Lipinski definition) is 2. The Labute approximate surface area is 94.9 Å². The molecule has 1 aliphatic rings. The van der Waals surface area contributed by atoms with Crippen molar-refractivity contribution in [2.45, 2.75) is 18.9 Å². The molecule has 0 fully saturated rings. The smallest absolute Gasteiger partial charge is 0.310 e. The minimum absolute atomic E-state index is 0.0153. The Balaban J connectivity index is 2.49. The molecule has 0 aromatic rings. The maximum Gasteiger partial charge on any atom is 0.310 e. The summed E-state index contributed by atoms with van der Waals surface area (Å²) in [5.41, 5.74) is 0. The van der Waals surface area contributed by atoms with Crippen LogP contribution < -0.4 is 4.72 Å². The summed E-state index contributed by atoms with van der Waals surface area (Å²) >= 11 is 0. The lowest BCUT2D eigenvalue weighted by Crippen LogP contribution is -2.34. The first-order valence-corrected chi connectivity index (χ1v) is 6.62. The van der Waals surface area contributed by atoms with Gasteiger partial charge in [-0.05, 0) is 12.8 Å². The quantitative estimate of drug-likeness (QED) is 0.668. The highest BCUT2D eigenvalue weighted by molar-refractivity contribution is 7.89. The summed E-state index contributed by atoms with van der Waals surface area (Å²) in [4.78, 5) is 10.6. The van der Waals surface area contributed by atoms with Gasteiger partial charge in [-0.2, -0.15) is 0 Å². The van der Waals surface area contributed by atoms with Crippen LogP contribution in [-0.4, -0.2) is 31.3 Å². The lowest BCUT2D eigenvalue weighted by Gasteiger charge is -2.11. The molecular weight excluding hydrogens is 230 g/mol. The zero-order valence-electron chi connectivity index (χ0n) is 8.80. The second kappa shape index (κ2) is 5.27. The number of allylic oxidation sites excluding steroid dienone is 1. The molecular formula is C10H15NO4S. The zero-order valence-corrected chi connectivity index (χ0v) is 9.61. The number of carboxylic acid groups (broad SMARTS) is 1. The van der Waals surface area contributed by atoms with Crippen LogP contribution in [-0.2, 0) is 14.8 Å². The van der Waals surface area contributed by atoms with Crippen LogP contribution in [0.3, 0.4) is 0 Å². The Hall–Kier alpha value is -1.14. The molecule has 5 nitrogen and oxygen atoms in total. The van der Waals surface area contributed by atoms with E-state index in [1.807, 2.05) is 0 Å². The SMILES string of the molecule is C=CCCS(=O)(=O)NC1C=CC(C(=O)O)C1. The molecule has 2 atom stereocenters. The van der Waals surface area contributed by atoms with Crippen LogP contribution in [0.1, 0.15) is 12.8 Å². The van der Waals surface area contributed by atoms with E-state index in [1.54, 1.807) is 6.08 Å². The summed E-state index contributed by atoms with van der Waals surface area (Å²) in [5.74, 6) is -1.53. The van der Waals surface area contributed by atoms with Crippen LogP contribution in [0.2, 0.25) is 0 Å². The molecule has 0 saturated carbocycles. The van der Waals surface area contributed by atoms with Gasteiger partial charge in [0, 0.05) is 6.04 Å². The van der Waals surface area contributed by atoms with Gasteiger partial charge in [0.15, 0.2) is 0 Å². The molecule has 0 amide bonds. The average Bonchev–Trinajstić information content (AvgIpc) is 2.62. The molecule has 1 rings (SSSR count). The predicted molar refractivity (Wildman–Crippen MR) is 60.4 cm³/mol. The second-order valence-corrected chi connectivity index (χ2v) is 5.56. The monoisotopic (exact) mass is 245 g/mol. The molecule has 6 heteroatoms. The van der Waals surface area contributed by atoms with Crippen molar-refractivity contribution < 1.29 is 18.3 Å². The van der Waals surface area contributed by atoms with E-state index in [0.29, 0.717) is 6.42 Å². The van der Waals surface area contributed by atoms with Crippen molar-refractivity contribution in [1.82, 2.24) is 4.72 Å². The maximum atomic E-state index is 11.5. The van der Waals surface area contributed by atoms with Crippen molar-refractivity contribution in [3.63, 3.8) is 0 Å². The largest absolute Gasteiger partial charge is 0.481 e. The molecule has 0 aliphatic heterocycles. The van der Waals surface area contributed by atoms with Crippen LogP contribution in [0.5, 0.6) is 0 Å². The summed E-state index contributed by atoms with van der Waals surface area (Å²) in [6, 6.07) is -0.407. The normalized spacial score (nSPS) is 24.5. The first-order chi connectivity index (χ1) is 7.44. The fourth-order valence-electron chi connectivity index (χ4n) is 1.50. The van der Waals surface area contributed by atoms with Gasteiger partial charge in [-0.1, -0.05) is 18.2 Å². The molecule has 90 valence electrons. The predicted octanol–water partition coefficient (Wildman–Crippen LogP) is 0.511. The number of nitrogens with one attached hydrogen (secondary N) is 1. The van der Waals surface area contributed by atoms with E-state index in [-0.39, 0.29) is 12.2 Å². The van der Waals surface area contributed by atoms with Crippen molar-refractivity contribution in [3.05, 3.63) is 24.8 Å². The molecule has 2 N–H and O–H groups in total. The van der Waals surface area contributed by atoms with E-state index < -0.39 is 28.0 Å². The van der Waals surface area contributed by atoms with E-state index in [4.69, 9.17) is 5.11 Å². The van der Waals surface area contributed by atoms with Crippen LogP contribution in [0.4, 0.5) is 0 Å². The third kappa shape index (κ3) is 3.79. The molecule has 0 saturated heterocycles. The molecule has 0 bridgehead atoms. The van der Waals surface area contributed by atoms with Crippen molar-refractivity contribution in [3.8, 4) is 0 Å². The fourth-order valence-corrected chi connectivity index (χ4v) is 2.73. The molecule has 0 heterocycles. The zero-order chi connectivity index (χ0) is 12.2. The summed E-state index contributed by atoms with van der Waals surface area (Å²) in [6.45, 7) is 3.45. The van der Waals surface area contributed by atoms with Gasteiger partial charge in [0.1, 0.15) is 0 Å². The second-order valence-electron chi connectivity index (χ2n) is 3.69. The first-order valence-electron chi connectivity index (χ1n) is 4.96. The molecule has 0 aromatic carbocycles. The summed E-state index contributed by atoms with van der Waals surface area (Å²) in [5, 5.41) is 8.73. The average molecular weight is 245 g/mol. The minimum Gasteiger partial charge on any atom is -0.481 e. The van der Waals surface area contributed by atoms with E-state index in [2.05, 4.69) is 11.3 Å². The molecule has 2 unspecified atom stereocenters. The number of carbonyl (C=O) groups is 1. The molecule has 0 radical (unpaired) electrons. The van der Waals surface area contributed by atoms with Gasteiger partial charge in [0.2, 0.25) is 10.0 Å². The van der Waals surface area contributed by atoms with Gasteiger partial charge in [-0.25, -0.2) is 13.1 Å². The maximum absolute atomic E-state index is 11.5. The standard InChI is InChI=1S/C10H15NO4S/c1-2-3-6-16(14,15)11-9-5-4-8(7-9)10(12)13/h2,4-5,8-9,11H,1,3,6-7H2,(H,12,13). The van der Waals surface area contributed by atoms with Gasteiger partial charge in [0.25, 0.3) is 0 Å². The lowest BCUT2D eigenvalue weighted by atomic mass is 10.1. The van der Waals surface area contributed by atoms with E-state index in [0.717, 1.165) is 0 Å². The van der Waals surface area contributed by atoms with Gasteiger partial charge in [-0.15, -0.1) is 6.58 Å². The van der Waals surface area contributed by atoms with E-state index in [1.165, 1.54) is 12.2 Å². The fraction of sp³-hybridized carbons (Fsp3) is 0.500. The van der Waals surface area contributed by atoms with Gasteiger partial charge < -0.3 is 5.11 Å². The van der Waals surface area contributed by atoms with Crippen molar-refractivity contribution in [2.24, 2.45) is 5.92 Å². The molecule has 0 spiro atoms. The summed E-state index contributed by atoms with van der Waals surface area (Å²) in [6.07, 6.45) is 5.30. The Morgan fingerprint density at radius 2 is 2.25 bits per heavy atom. The summed E-state index contributed by atoms with van der Waals surface area (Å²) < 4.78 is 25.4. The van der Waals surface area contributed by atoms with Gasteiger partial charge >= 0.3 is 5.97 Å². The topological polar surface area (TPSA) is 83.5 Å². The third-order valence-electron chi connectivity index (χ3n) is 2.32. The minimum atomic E-state index is -3.34. The van der Waals surface area contributed by atoms with Crippen molar-refractivity contribution >= 4 is 16.0 Å². The Bertz CT molecular complexity index is 399. The first kappa shape index (κ1) is 12.9. The van der Waals surface area contributed by atoms with Crippen LogP contribution in [0, 0.1) is 5.92 Å². The third-order valence-corrected chi connectivity index (χ3v) is 3.76. The molecule has 0 aromatic heterocycles. The van der Waals surface area contributed by atoms with Crippen molar-refractivity contribution in [2.75, 3.05) is 5.75 Å². The highest BCUT2D eigenvalue weighted by Crippen LogP contribution is 2.18. The number of carboxylic acids is 1. The Kier molecular flexibility index (Phi) is 4.26. The van der Waals surface area contributed by atoms with Gasteiger partial charge in [-0.3, -0.25) is 4.79 Å². The van der Waals surface area contributed by atoms with E-state index in [9.17, 15) is 13.2 Å². The van der Waals surface area contributed by atoms with Gasteiger partial charge in [0.05, 0.1) is 11.7 Å². The molecule has 16 heavy (non-hydrogen) atoms. The number of sulfonamides is 1. The van der Waals surface area contributed by atoms with Crippen LogP contribution in [0.25, 0.3) is 0 Å². The molecule has 1 aliphatic carbocycles. The Morgan fingerprint density at radius 3 is 2.75 bits per heavy atom. The summed E-state index contributed by atoms with van der Waals surface area (Å²) in [7, 11) is -3.34. The number of aliphatic carboxylic acids is 1. The number of hydrogen-bond acceptors (Lipinski definition) is 3. The van der Waals surface area contributed by atoms with Crippen molar-refractivity contribution in [1.29, 1.82) is 0 Å². The van der Waals surface area contributed by atoms with Crippen LogP contribution >= 0.6 is 0 Å².